The SMILES string of the molecule is Cn1nc(C(=O)N2CCC[C@@H]2Cn2cccn2)c2ccccc2c1=O. The first-order chi connectivity index (χ1) is 12.1. The van der Waals surface area contributed by atoms with Crippen molar-refractivity contribution in [1.82, 2.24) is 24.5 Å². The van der Waals surface area contributed by atoms with Gasteiger partial charge >= 0.3 is 0 Å². The molecule has 1 aliphatic rings. The molecule has 3 aromatic rings. The van der Waals surface area contributed by atoms with Crippen LogP contribution in [0.25, 0.3) is 10.8 Å². The molecule has 4 rings (SSSR count). The smallest absolute Gasteiger partial charge is 0.275 e. The van der Waals surface area contributed by atoms with Crippen LogP contribution in [0.2, 0.25) is 0 Å². The Balaban J connectivity index is 1.72. The van der Waals surface area contributed by atoms with E-state index in [-0.39, 0.29) is 17.5 Å². The quantitative estimate of drug-likeness (QED) is 0.725. The van der Waals surface area contributed by atoms with Crippen molar-refractivity contribution in [3.63, 3.8) is 0 Å². The molecule has 128 valence electrons. The van der Waals surface area contributed by atoms with E-state index in [1.54, 1.807) is 31.4 Å². The molecule has 1 amide bonds. The van der Waals surface area contributed by atoms with Gasteiger partial charge in [-0.25, -0.2) is 4.68 Å². The van der Waals surface area contributed by atoms with Gasteiger partial charge in [0.15, 0.2) is 5.69 Å². The molecule has 2 aromatic heterocycles. The Bertz CT molecular complexity index is 977. The molecule has 0 bridgehead atoms. The summed E-state index contributed by atoms with van der Waals surface area (Å²) in [5, 5.41) is 9.64. The van der Waals surface area contributed by atoms with E-state index in [9.17, 15) is 9.59 Å². The van der Waals surface area contributed by atoms with Crippen molar-refractivity contribution in [2.24, 2.45) is 7.05 Å². The van der Waals surface area contributed by atoms with Crippen molar-refractivity contribution < 1.29 is 4.79 Å². The third-order valence-corrected chi connectivity index (χ3v) is 4.75. The van der Waals surface area contributed by atoms with Crippen LogP contribution < -0.4 is 5.56 Å². The Morgan fingerprint density at radius 2 is 2.04 bits per heavy atom. The predicted octanol–water partition coefficient (Wildman–Crippen LogP) is 1.43. The molecule has 1 aliphatic heterocycles. The van der Waals surface area contributed by atoms with Gasteiger partial charge in [-0.3, -0.25) is 14.3 Å². The van der Waals surface area contributed by atoms with Crippen molar-refractivity contribution in [2.75, 3.05) is 6.54 Å². The summed E-state index contributed by atoms with van der Waals surface area (Å²) >= 11 is 0. The zero-order valence-electron chi connectivity index (χ0n) is 14.0. The van der Waals surface area contributed by atoms with Crippen LogP contribution in [-0.2, 0) is 13.6 Å². The minimum atomic E-state index is -0.193. The number of rotatable bonds is 3. The van der Waals surface area contributed by atoms with Crippen molar-refractivity contribution in [3.8, 4) is 0 Å². The van der Waals surface area contributed by atoms with Crippen LogP contribution in [-0.4, -0.2) is 43.0 Å². The molecule has 0 spiro atoms. The number of benzene rings is 1. The highest BCUT2D eigenvalue weighted by molar-refractivity contribution is 6.04. The summed E-state index contributed by atoms with van der Waals surface area (Å²) in [7, 11) is 1.58. The van der Waals surface area contributed by atoms with E-state index in [0.717, 1.165) is 12.8 Å². The predicted molar refractivity (Wildman–Crippen MR) is 93.3 cm³/mol. The Kier molecular flexibility index (Phi) is 3.83. The molecular formula is C18H19N5O2. The average molecular weight is 337 g/mol. The fourth-order valence-corrected chi connectivity index (χ4v) is 3.51. The molecule has 7 heteroatoms. The van der Waals surface area contributed by atoms with Crippen molar-refractivity contribution >= 4 is 16.7 Å². The van der Waals surface area contributed by atoms with Crippen LogP contribution >= 0.6 is 0 Å². The zero-order valence-corrected chi connectivity index (χ0v) is 14.0. The molecule has 0 aliphatic carbocycles. The average Bonchev–Trinajstić information content (AvgIpc) is 3.30. The standard InChI is InChI=1S/C18H19N5O2/c1-21-17(24)15-8-3-2-7-14(15)16(20-21)18(25)23-11-4-6-13(23)12-22-10-5-9-19-22/h2-3,5,7-10,13H,4,6,11-12H2,1H3/t13-/m1/s1. The highest BCUT2D eigenvalue weighted by atomic mass is 16.2. The second kappa shape index (κ2) is 6.16. The van der Waals surface area contributed by atoms with Crippen molar-refractivity contribution in [2.45, 2.75) is 25.4 Å². The molecule has 1 fully saturated rings. The highest BCUT2D eigenvalue weighted by Gasteiger charge is 2.31. The molecule has 1 aromatic carbocycles. The Morgan fingerprint density at radius 3 is 2.80 bits per heavy atom. The number of carbonyl (C=O) groups is 1. The number of likely N-dealkylation sites (tertiary alicyclic amines) is 1. The molecular weight excluding hydrogens is 318 g/mol. The number of fused-ring (bicyclic) bond motifs is 1. The van der Waals surface area contributed by atoms with E-state index < -0.39 is 0 Å². The van der Waals surface area contributed by atoms with Gasteiger partial charge in [0.05, 0.1) is 18.0 Å². The number of carbonyl (C=O) groups excluding carboxylic acids is 1. The van der Waals surface area contributed by atoms with Crippen LogP contribution in [0.3, 0.4) is 0 Å². The molecule has 0 unspecified atom stereocenters. The fourth-order valence-electron chi connectivity index (χ4n) is 3.51. The summed E-state index contributed by atoms with van der Waals surface area (Å²) in [6, 6.07) is 9.12. The Morgan fingerprint density at radius 1 is 1.24 bits per heavy atom. The van der Waals surface area contributed by atoms with Gasteiger partial charge in [0.2, 0.25) is 0 Å². The van der Waals surface area contributed by atoms with Gasteiger partial charge < -0.3 is 4.90 Å². The fraction of sp³-hybridized carbons (Fsp3) is 0.333. The van der Waals surface area contributed by atoms with E-state index >= 15 is 0 Å². The van der Waals surface area contributed by atoms with Gasteiger partial charge in [-0.2, -0.15) is 10.2 Å². The van der Waals surface area contributed by atoms with E-state index in [1.165, 1.54) is 4.68 Å². The normalized spacial score (nSPS) is 17.3. The number of aryl methyl sites for hydroxylation is 1. The molecule has 3 heterocycles. The van der Waals surface area contributed by atoms with Gasteiger partial charge in [0.1, 0.15) is 0 Å². The first-order valence-electron chi connectivity index (χ1n) is 8.39. The monoisotopic (exact) mass is 337 g/mol. The van der Waals surface area contributed by atoms with Gasteiger partial charge in [0, 0.05) is 31.4 Å². The maximum atomic E-state index is 13.2. The molecule has 1 atom stereocenters. The molecule has 25 heavy (non-hydrogen) atoms. The third kappa shape index (κ3) is 2.71. The first-order valence-corrected chi connectivity index (χ1v) is 8.39. The first kappa shape index (κ1) is 15.6. The lowest BCUT2D eigenvalue weighted by molar-refractivity contribution is 0.0715. The van der Waals surface area contributed by atoms with Gasteiger partial charge in [-0.1, -0.05) is 18.2 Å². The summed E-state index contributed by atoms with van der Waals surface area (Å²) < 4.78 is 3.09. The van der Waals surface area contributed by atoms with E-state index in [2.05, 4.69) is 10.2 Å². The minimum absolute atomic E-state index is 0.0881. The van der Waals surface area contributed by atoms with Gasteiger partial charge in [-0.05, 0) is 25.0 Å². The van der Waals surface area contributed by atoms with E-state index in [1.807, 2.05) is 27.9 Å². The summed E-state index contributed by atoms with van der Waals surface area (Å²) in [5.41, 5.74) is 0.145. The maximum Gasteiger partial charge on any atom is 0.275 e. The maximum absolute atomic E-state index is 13.2. The Hall–Kier alpha value is -2.96. The highest BCUT2D eigenvalue weighted by Crippen LogP contribution is 2.23. The van der Waals surface area contributed by atoms with Gasteiger partial charge in [0.25, 0.3) is 11.5 Å². The minimum Gasteiger partial charge on any atom is -0.332 e. The lowest BCUT2D eigenvalue weighted by Crippen LogP contribution is -2.39. The number of hydrogen-bond donors (Lipinski definition) is 0. The molecule has 0 saturated carbocycles. The molecule has 0 N–H and O–H groups in total. The second-order valence-electron chi connectivity index (χ2n) is 6.35. The van der Waals surface area contributed by atoms with Crippen molar-refractivity contribution in [1.29, 1.82) is 0 Å². The molecule has 1 saturated heterocycles. The van der Waals surface area contributed by atoms with Crippen LogP contribution in [0.1, 0.15) is 23.3 Å². The van der Waals surface area contributed by atoms with Crippen molar-refractivity contribution in [3.05, 3.63) is 58.8 Å². The number of nitrogens with zero attached hydrogens (tertiary/aromatic N) is 5. The number of amides is 1. The zero-order chi connectivity index (χ0) is 17.4. The summed E-state index contributed by atoms with van der Waals surface area (Å²) in [6.45, 7) is 1.37. The summed E-state index contributed by atoms with van der Waals surface area (Å²) in [4.78, 5) is 27.3. The number of hydrogen-bond acceptors (Lipinski definition) is 4. The second-order valence-corrected chi connectivity index (χ2v) is 6.35. The van der Waals surface area contributed by atoms with Crippen LogP contribution in [0.4, 0.5) is 0 Å². The summed E-state index contributed by atoms with van der Waals surface area (Å²) in [5.74, 6) is -0.124. The van der Waals surface area contributed by atoms with Crippen LogP contribution in [0.5, 0.6) is 0 Å². The lowest BCUT2D eigenvalue weighted by atomic mass is 10.1. The molecule has 7 nitrogen and oxygen atoms in total. The van der Waals surface area contributed by atoms with E-state index in [4.69, 9.17) is 0 Å². The summed E-state index contributed by atoms with van der Waals surface area (Å²) in [6.07, 6.45) is 5.54. The van der Waals surface area contributed by atoms with Crippen LogP contribution in [0, 0.1) is 0 Å². The largest absolute Gasteiger partial charge is 0.332 e. The molecule has 0 radical (unpaired) electrons. The third-order valence-electron chi connectivity index (χ3n) is 4.75. The van der Waals surface area contributed by atoms with Crippen LogP contribution in [0.15, 0.2) is 47.5 Å². The topological polar surface area (TPSA) is 73.0 Å². The number of aromatic nitrogens is 4. The Labute approximate surface area is 144 Å². The lowest BCUT2D eigenvalue weighted by Gasteiger charge is -2.25. The van der Waals surface area contributed by atoms with E-state index in [0.29, 0.717) is 29.6 Å². The van der Waals surface area contributed by atoms with Gasteiger partial charge in [-0.15, -0.1) is 0 Å².